The van der Waals surface area contributed by atoms with Gasteiger partial charge in [0.05, 0.1) is 7.11 Å². The highest BCUT2D eigenvalue weighted by atomic mass is 16.6. The molecule has 9 nitrogen and oxygen atoms in total. The highest BCUT2D eigenvalue weighted by Crippen LogP contribution is 2.11. The van der Waals surface area contributed by atoms with Crippen molar-refractivity contribution in [2.24, 2.45) is 11.8 Å². The first kappa shape index (κ1) is 28.9. The van der Waals surface area contributed by atoms with Gasteiger partial charge in [0, 0.05) is 6.42 Å². The molecule has 0 aromatic heterocycles. The molecule has 0 radical (unpaired) electrons. The van der Waals surface area contributed by atoms with E-state index in [9.17, 15) is 19.2 Å². The minimum absolute atomic E-state index is 0.243. The number of carbonyl (C=O) groups excluding carboxylic acids is 4. The van der Waals surface area contributed by atoms with Crippen molar-refractivity contribution in [3.8, 4) is 0 Å². The lowest BCUT2D eigenvalue weighted by Crippen LogP contribution is -2.59. The number of amides is 3. The molecule has 1 aromatic carbocycles. The van der Waals surface area contributed by atoms with Crippen molar-refractivity contribution in [1.82, 2.24) is 16.0 Å². The number of benzene rings is 1. The van der Waals surface area contributed by atoms with Crippen LogP contribution in [-0.4, -0.2) is 54.7 Å². The molecule has 0 saturated carbocycles. The quantitative estimate of drug-likeness (QED) is 0.445. The molecule has 9 heteroatoms. The van der Waals surface area contributed by atoms with Crippen molar-refractivity contribution in [2.45, 2.75) is 78.6 Å². The van der Waals surface area contributed by atoms with Crippen LogP contribution in [0, 0.1) is 11.8 Å². The van der Waals surface area contributed by atoms with Crippen molar-refractivity contribution in [3.63, 3.8) is 0 Å². The van der Waals surface area contributed by atoms with Crippen molar-refractivity contribution in [2.75, 3.05) is 7.11 Å². The molecular formula is C25H39N3O6. The summed E-state index contributed by atoms with van der Waals surface area (Å²) in [5.74, 6) is -2.17. The van der Waals surface area contributed by atoms with E-state index >= 15 is 0 Å². The molecule has 3 amide bonds. The second kappa shape index (κ2) is 13.0. The molecule has 0 unspecified atom stereocenters. The predicted molar refractivity (Wildman–Crippen MR) is 129 cm³/mol. The molecule has 190 valence electrons. The molecule has 0 aliphatic carbocycles. The molecule has 3 N–H and O–H groups in total. The number of carbonyl (C=O) groups is 4. The third-order valence-corrected chi connectivity index (χ3v) is 4.95. The van der Waals surface area contributed by atoms with E-state index in [0.29, 0.717) is 0 Å². The van der Waals surface area contributed by atoms with E-state index in [2.05, 4.69) is 16.0 Å². The Morgan fingerprint density at radius 1 is 0.824 bits per heavy atom. The van der Waals surface area contributed by atoms with E-state index < -0.39 is 47.6 Å². The van der Waals surface area contributed by atoms with Gasteiger partial charge < -0.3 is 25.4 Å². The summed E-state index contributed by atoms with van der Waals surface area (Å²) in [7, 11) is 1.25. The Morgan fingerprint density at radius 3 is 1.79 bits per heavy atom. The van der Waals surface area contributed by atoms with E-state index in [-0.39, 0.29) is 18.3 Å². The molecule has 34 heavy (non-hydrogen) atoms. The normalized spacial score (nSPS) is 14.1. The van der Waals surface area contributed by atoms with Crippen LogP contribution in [0.5, 0.6) is 0 Å². The largest absolute Gasteiger partial charge is 0.467 e. The topological polar surface area (TPSA) is 123 Å². The van der Waals surface area contributed by atoms with Crippen molar-refractivity contribution in [3.05, 3.63) is 35.9 Å². The molecule has 0 spiro atoms. The summed E-state index contributed by atoms with van der Waals surface area (Å²) < 4.78 is 10.1. The third kappa shape index (κ3) is 9.80. The van der Waals surface area contributed by atoms with Gasteiger partial charge in [0.1, 0.15) is 23.7 Å². The molecule has 0 aliphatic heterocycles. The van der Waals surface area contributed by atoms with Crippen LogP contribution in [0.15, 0.2) is 30.3 Å². The van der Waals surface area contributed by atoms with Crippen LogP contribution >= 0.6 is 0 Å². The summed E-state index contributed by atoms with van der Waals surface area (Å²) >= 11 is 0. The van der Waals surface area contributed by atoms with Gasteiger partial charge in [-0.2, -0.15) is 0 Å². The molecule has 0 saturated heterocycles. The lowest BCUT2D eigenvalue weighted by Gasteiger charge is -2.29. The van der Waals surface area contributed by atoms with Crippen LogP contribution in [0.3, 0.4) is 0 Å². The van der Waals surface area contributed by atoms with E-state index in [1.165, 1.54) is 7.11 Å². The number of hydrogen-bond acceptors (Lipinski definition) is 6. The zero-order valence-corrected chi connectivity index (χ0v) is 21.4. The minimum atomic E-state index is -0.933. The molecule has 0 fully saturated rings. The first-order valence-electron chi connectivity index (χ1n) is 11.5. The lowest BCUT2D eigenvalue weighted by atomic mass is 9.99. The van der Waals surface area contributed by atoms with Gasteiger partial charge in [-0.15, -0.1) is 0 Å². The van der Waals surface area contributed by atoms with Gasteiger partial charge in [0.25, 0.3) is 0 Å². The Kier molecular flexibility index (Phi) is 11.0. The van der Waals surface area contributed by atoms with Crippen LogP contribution in [0.2, 0.25) is 0 Å². The van der Waals surface area contributed by atoms with Gasteiger partial charge in [-0.3, -0.25) is 9.59 Å². The first-order valence-corrected chi connectivity index (χ1v) is 11.5. The number of hydrogen-bond donors (Lipinski definition) is 3. The molecule has 1 aromatic rings. The maximum absolute atomic E-state index is 13.1. The maximum atomic E-state index is 13.1. The average molecular weight is 478 g/mol. The highest BCUT2D eigenvalue weighted by molar-refractivity contribution is 5.93. The van der Waals surface area contributed by atoms with Crippen LogP contribution in [0.4, 0.5) is 4.79 Å². The van der Waals surface area contributed by atoms with Gasteiger partial charge >= 0.3 is 12.1 Å². The van der Waals surface area contributed by atoms with E-state index in [1.807, 2.05) is 30.3 Å². The van der Waals surface area contributed by atoms with E-state index in [0.717, 1.165) is 5.56 Å². The lowest BCUT2D eigenvalue weighted by molar-refractivity contribution is -0.145. The average Bonchev–Trinajstić information content (AvgIpc) is 2.73. The number of methoxy groups -OCH3 is 1. The predicted octanol–water partition coefficient (Wildman–Crippen LogP) is 2.58. The number of ether oxygens (including phenoxy) is 2. The fourth-order valence-electron chi connectivity index (χ4n) is 3.19. The number of rotatable bonds is 10. The number of nitrogens with one attached hydrogen (secondary N) is 3. The van der Waals surface area contributed by atoms with Crippen LogP contribution in [-0.2, 0) is 30.3 Å². The maximum Gasteiger partial charge on any atom is 0.408 e. The summed E-state index contributed by atoms with van der Waals surface area (Å²) in [6.07, 6.45) is -0.479. The Balaban J connectivity index is 2.96. The van der Waals surface area contributed by atoms with Gasteiger partial charge in [-0.1, -0.05) is 58.0 Å². The molecular weight excluding hydrogens is 438 g/mol. The smallest absolute Gasteiger partial charge is 0.408 e. The van der Waals surface area contributed by atoms with Crippen LogP contribution in [0.25, 0.3) is 0 Å². The molecule has 3 atom stereocenters. The van der Waals surface area contributed by atoms with Crippen LogP contribution in [0.1, 0.15) is 54.0 Å². The zero-order valence-electron chi connectivity index (χ0n) is 21.4. The second-order valence-electron chi connectivity index (χ2n) is 9.87. The molecule has 0 bridgehead atoms. The Bertz CT molecular complexity index is 833. The zero-order chi connectivity index (χ0) is 26.1. The van der Waals surface area contributed by atoms with Crippen LogP contribution < -0.4 is 16.0 Å². The van der Waals surface area contributed by atoms with Crippen molar-refractivity contribution in [1.29, 1.82) is 0 Å². The summed E-state index contributed by atoms with van der Waals surface area (Å²) in [5, 5.41) is 8.00. The fraction of sp³-hybridized carbons (Fsp3) is 0.600. The third-order valence-electron chi connectivity index (χ3n) is 4.95. The number of esters is 1. The Hall–Kier alpha value is -3.10. The highest BCUT2D eigenvalue weighted by Gasteiger charge is 2.33. The Morgan fingerprint density at radius 2 is 1.32 bits per heavy atom. The van der Waals surface area contributed by atoms with E-state index in [4.69, 9.17) is 9.47 Å². The first-order chi connectivity index (χ1) is 15.7. The van der Waals surface area contributed by atoms with Gasteiger partial charge in [-0.25, -0.2) is 9.59 Å². The summed E-state index contributed by atoms with van der Waals surface area (Å²) in [6.45, 7) is 12.3. The second-order valence-corrected chi connectivity index (χ2v) is 9.87. The molecule has 0 aliphatic rings. The summed E-state index contributed by atoms with van der Waals surface area (Å²) in [6, 6.07) is 6.47. The monoisotopic (exact) mass is 477 g/mol. The summed E-state index contributed by atoms with van der Waals surface area (Å²) in [5.41, 5.74) is 0.133. The fourth-order valence-corrected chi connectivity index (χ4v) is 3.19. The van der Waals surface area contributed by atoms with Gasteiger partial charge in [0.2, 0.25) is 11.8 Å². The molecule has 0 heterocycles. The standard InChI is InChI=1S/C25H39N3O6/c1-15(2)19(27-22(30)20(16(3)4)28-24(32)34-25(5,6)7)21(29)26-18(23(31)33-8)14-17-12-10-9-11-13-17/h9-13,15-16,18-20H,14H2,1-8H3,(H,26,29)(H,27,30)(H,28,32)/t18-,19-,20-/m0/s1. The number of alkyl carbamates (subject to hydrolysis) is 1. The minimum Gasteiger partial charge on any atom is -0.467 e. The Labute approximate surface area is 202 Å². The summed E-state index contributed by atoms with van der Waals surface area (Å²) in [4.78, 5) is 50.6. The van der Waals surface area contributed by atoms with Crippen molar-refractivity contribution < 1.29 is 28.7 Å². The van der Waals surface area contributed by atoms with Crippen molar-refractivity contribution >= 4 is 23.9 Å². The van der Waals surface area contributed by atoms with E-state index in [1.54, 1.807) is 48.5 Å². The SMILES string of the molecule is COC(=O)[C@H](Cc1ccccc1)NC(=O)[C@@H](NC(=O)[C@@H](NC(=O)OC(C)(C)C)C(C)C)C(C)C. The van der Waals surface area contributed by atoms with Gasteiger partial charge in [0.15, 0.2) is 0 Å². The van der Waals surface area contributed by atoms with Gasteiger partial charge in [-0.05, 0) is 38.2 Å². The molecule has 1 rings (SSSR count).